The van der Waals surface area contributed by atoms with Crippen molar-refractivity contribution < 1.29 is 14.6 Å². The normalized spacial score (nSPS) is 52.6. The number of fused-ring (bicyclic) bond motifs is 7. The Morgan fingerprint density at radius 2 is 1.69 bits per heavy atom. The lowest BCUT2D eigenvalue weighted by Crippen LogP contribution is -2.63. The minimum atomic E-state index is -0.169. The zero-order chi connectivity index (χ0) is 25.8. The minimum Gasteiger partial charge on any atom is -0.462 e. The van der Waals surface area contributed by atoms with Crippen LogP contribution in [0.5, 0.6) is 0 Å². The molecule has 0 radical (unpaired) electrons. The number of esters is 1. The molecule has 0 aromatic heterocycles. The van der Waals surface area contributed by atoms with E-state index in [9.17, 15) is 9.90 Å². The van der Waals surface area contributed by atoms with Crippen LogP contribution in [-0.2, 0) is 9.53 Å². The highest BCUT2D eigenvalue weighted by Crippen LogP contribution is 2.76. The van der Waals surface area contributed by atoms with Gasteiger partial charge in [-0.05, 0) is 103 Å². The number of rotatable bonds is 2. The number of hydrogen-bond donors (Lipinski definition) is 1. The van der Waals surface area contributed by atoms with Gasteiger partial charge in [-0.3, -0.25) is 4.79 Å². The first-order valence-corrected chi connectivity index (χ1v) is 14.7. The maximum Gasteiger partial charge on any atom is 0.302 e. The Labute approximate surface area is 214 Å². The lowest BCUT2D eigenvalue weighted by Gasteiger charge is -2.69. The highest BCUT2D eigenvalue weighted by molar-refractivity contribution is 5.66. The number of ether oxygens (including phenoxy) is 1. The molecule has 4 fully saturated rings. The van der Waals surface area contributed by atoms with Crippen molar-refractivity contribution in [2.24, 2.45) is 56.7 Å². The third kappa shape index (κ3) is 3.21. The molecule has 35 heavy (non-hydrogen) atoms. The van der Waals surface area contributed by atoms with Gasteiger partial charge < -0.3 is 9.84 Å². The van der Waals surface area contributed by atoms with E-state index in [-0.39, 0.29) is 45.3 Å². The summed E-state index contributed by atoms with van der Waals surface area (Å²) in [4.78, 5) is 11.9. The smallest absolute Gasteiger partial charge is 0.302 e. The molecule has 0 aromatic rings. The Kier molecular flexibility index (Phi) is 5.78. The van der Waals surface area contributed by atoms with Gasteiger partial charge in [-0.1, -0.05) is 67.0 Å². The fourth-order valence-electron chi connectivity index (χ4n) is 11.7. The van der Waals surface area contributed by atoms with Crippen molar-refractivity contribution in [2.75, 3.05) is 0 Å². The average molecular weight is 485 g/mol. The van der Waals surface area contributed by atoms with Gasteiger partial charge in [0, 0.05) is 12.3 Å². The van der Waals surface area contributed by atoms with E-state index in [4.69, 9.17) is 4.74 Å². The van der Waals surface area contributed by atoms with Crippen molar-refractivity contribution >= 4 is 5.97 Å². The molecule has 3 nitrogen and oxygen atoms in total. The fourth-order valence-corrected chi connectivity index (χ4v) is 11.7. The number of aliphatic hydroxyl groups is 1. The van der Waals surface area contributed by atoms with Crippen LogP contribution in [0.15, 0.2) is 11.6 Å². The van der Waals surface area contributed by atoms with E-state index < -0.39 is 0 Å². The molecule has 3 heteroatoms. The first kappa shape index (κ1) is 25.8. The summed E-state index contributed by atoms with van der Waals surface area (Å²) in [5.74, 6) is 2.66. The van der Waals surface area contributed by atoms with Gasteiger partial charge in [-0.2, -0.15) is 0 Å². The van der Waals surface area contributed by atoms with E-state index >= 15 is 0 Å². The molecule has 0 spiro atoms. The van der Waals surface area contributed by atoms with E-state index in [0.29, 0.717) is 29.6 Å². The summed E-state index contributed by atoms with van der Waals surface area (Å²) in [6.45, 7) is 21.2. The summed E-state index contributed by atoms with van der Waals surface area (Å²) in [5, 5.41) is 11.6. The third-order valence-electron chi connectivity index (χ3n) is 13.4. The lowest BCUT2D eigenvalue weighted by molar-refractivity contribution is -0.187. The van der Waals surface area contributed by atoms with Gasteiger partial charge in [0.2, 0.25) is 0 Å². The zero-order valence-electron chi connectivity index (χ0n) is 24.0. The second kappa shape index (κ2) is 7.84. The Hall–Kier alpha value is -0.830. The van der Waals surface area contributed by atoms with E-state index in [0.717, 1.165) is 25.7 Å². The quantitative estimate of drug-likeness (QED) is 0.325. The van der Waals surface area contributed by atoms with Crippen LogP contribution in [0.25, 0.3) is 0 Å². The second-order valence-electron chi connectivity index (χ2n) is 15.4. The molecule has 198 valence electrons. The van der Waals surface area contributed by atoms with E-state index in [1.54, 1.807) is 12.5 Å². The Morgan fingerprint density at radius 1 is 1.00 bits per heavy atom. The second-order valence-corrected chi connectivity index (χ2v) is 15.4. The number of carbonyl (C=O) groups excluding carboxylic acids is 1. The molecule has 5 aliphatic rings. The maximum absolute atomic E-state index is 11.9. The van der Waals surface area contributed by atoms with Crippen molar-refractivity contribution in [3.63, 3.8) is 0 Å². The number of aliphatic hydroxyl groups excluding tert-OH is 1. The van der Waals surface area contributed by atoms with Crippen LogP contribution in [0.4, 0.5) is 0 Å². The molecule has 0 aromatic carbocycles. The molecule has 0 saturated heterocycles. The number of carbonyl (C=O) groups is 1. The summed E-state index contributed by atoms with van der Waals surface area (Å²) < 4.78 is 5.87. The molecule has 5 rings (SSSR count). The van der Waals surface area contributed by atoms with Crippen LogP contribution in [-0.4, -0.2) is 23.3 Å². The maximum atomic E-state index is 11.9. The zero-order valence-corrected chi connectivity index (χ0v) is 24.0. The molecule has 1 N–H and O–H groups in total. The van der Waals surface area contributed by atoms with Crippen molar-refractivity contribution in [3.8, 4) is 0 Å². The monoisotopic (exact) mass is 484 g/mol. The van der Waals surface area contributed by atoms with Crippen molar-refractivity contribution in [2.45, 2.75) is 126 Å². The highest BCUT2D eigenvalue weighted by atomic mass is 16.5. The van der Waals surface area contributed by atoms with Gasteiger partial charge in [0.05, 0.1) is 6.10 Å². The van der Waals surface area contributed by atoms with Gasteiger partial charge >= 0.3 is 5.97 Å². The Morgan fingerprint density at radius 3 is 2.31 bits per heavy atom. The van der Waals surface area contributed by atoms with Crippen molar-refractivity contribution in [1.82, 2.24) is 0 Å². The molecule has 0 aliphatic heterocycles. The predicted octanol–water partition coefficient (Wildman–Crippen LogP) is 7.57. The van der Waals surface area contributed by atoms with Crippen LogP contribution < -0.4 is 0 Å². The lowest BCUT2D eigenvalue weighted by atomic mass is 9.35. The molecule has 4 saturated carbocycles. The minimum absolute atomic E-state index is 0.0105. The summed E-state index contributed by atoms with van der Waals surface area (Å²) in [6, 6.07) is 0. The third-order valence-corrected chi connectivity index (χ3v) is 13.4. The topological polar surface area (TPSA) is 46.5 Å². The molecular weight excluding hydrogens is 432 g/mol. The van der Waals surface area contributed by atoms with E-state index in [1.165, 1.54) is 25.7 Å². The first-order chi connectivity index (χ1) is 16.1. The molecule has 10 atom stereocenters. The highest BCUT2D eigenvalue weighted by Gasteiger charge is 2.70. The van der Waals surface area contributed by atoms with Gasteiger partial charge in [-0.25, -0.2) is 0 Å². The molecule has 0 heterocycles. The van der Waals surface area contributed by atoms with Gasteiger partial charge in [0.1, 0.15) is 6.10 Å². The summed E-state index contributed by atoms with van der Waals surface area (Å²) >= 11 is 0. The van der Waals surface area contributed by atoms with Gasteiger partial charge in [0.25, 0.3) is 0 Å². The molecule has 0 amide bonds. The van der Waals surface area contributed by atoms with Crippen LogP contribution >= 0.6 is 0 Å². The standard InChI is InChI=1S/C32H52O3/c1-19(2)23-18-24(34)27-30(23,7)16-17-31(8)22-10-11-25-28(4,5)26(35-20(3)33)13-14-29(25,6)21(22)12-15-32(27,31)9/h12,19,22-27,34H,10-11,13-18H2,1-9H3/t22-,23+,24-,25-,26-,27+,29+,30+,31+,32-/m0/s1. The van der Waals surface area contributed by atoms with Crippen molar-refractivity contribution in [3.05, 3.63) is 11.6 Å². The van der Waals surface area contributed by atoms with Gasteiger partial charge in [-0.15, -0.1) is 0 Å². The predicted molar refractivity (Wildman–Crippen MR) is 142 cm³/mol. The van der Waals surface area contributed by atoms with Gasteiger partial charge in [0.15, 0.2) is 0 Å². The average Bonchev–Trinajstić information content (AvgIpc) is 3.03. The Balaban J connectivity index is 1.53. The number of allylic oxidation sites excluding steroid dienone is 2. The summed E-state index contributed by atoms with van der Waals surface area (Å²) in [5.41, 5.74) is 2.52. The van der Waals surface area contributed by atoms with Crippen LogP contribution in [0.3, 0.4) is 0 Å². The molecule has 5 aliphatic carbocycles. The molecule has 0 unspecified atom stereocenters. The largest absolute Gasteiger partial charge is 0.462 e. The molecule has 0 bridgehead atoms. The van der Waals surface area contributed by atoms with E-state index in [2.05, 4.69) is 61.5 Å². The number of hydrogen-bond acceptors (Lipinski definition) is 3. The van der Waals surface area contributed by atoms with Crippen molar-refractivity contribution in [1.29, 1.82) is 0 Å². The van der Waals surface area contributed by atoms with E-state index in [1.807, 2.05) is 0 Å². The Bertz CT molecular complexity index is 918. The summed E-state index contributed by atoms with van der Waals surface area (Å²) in [7, 11) is 0. The summed E-state index contributed by atoms with van der Waals surface area (Å²) in [6.07, 6.45) is 11.7. The fraction of sp³-hybridized carbons (Fsp3) is 0.906. The SMILES string of the molecule is CC(=O)O[C@H]1CC[C@]2(C)C3=CC[C@@]4(C)[C@@H]5[C@@H](O)C[C@H](C(C)C)[C@@]5(C)CC[C@]4(C)[C@H]3CC[C@H]2C1(C)C. The van der Waals surface area contributed by atoms with Crippen LogP contribution in [0.1, 0.15) is 114 Å². The first-order valence-electron chi connectivity index (χ1n) is 14.7. The van der Waals surface area contributed by atoms with Crippen LogP contribution in [0.2, 0.25) is 0 Å². The van der Waals surface area contributed by atoms with Crippen LogP contribution in [0, 0.1) is 56.7 Å². The molecular formula is C32H52O3.